The molecule has 0 aliphatic rings. The lowest BCUT2D eigenvalue weighted by Crippen LogP contribution is -2.22. The molecule has 0 spiro atoms. The minimum absolute atomic E-state index is 0.0281. The standard InChI is InChI=1S/C19H23NO4S/c1-6-24-14-9-12(7-8-13(14)23-5)10-15-18(22)20-17(25-15)11-16(21)19(2,3)4/h7-11H,6H2,1-5H3,(H,20,22)/b15-10+,17-11+. The van der Waals surface area contributed by atoms with Crippen molar-refractivity contribution in [2.24, 2.45) is 5.41 Å². The fourth-order valence-corrected chi connectivity index (χ4v) is 2.95. The van der Waals surface area contributed by atoms with E-state index in [1.165, 1.54) is 17.4 Å². The molecule has 25 heavy (non-hydrogen) atoms. The second-order valence-corrected chi connectivity index (χ2v) is 7.61. The van der Waals surface area contributed by atoms with Crippen molar-refractivity contribution < 1.29 is 14.3 Å². The third kappa shape index (κ3) is 4.82. The molecule has 0 aliphatic carbocycles. The van der Waals surface area contributed by atoms with Crippen LogP contribution in [-0.2, 0) is 4.79 Å². The van der Waals surface area contributed by atoms with E-state index in [0.717, 1.165) is 5.56 Å². The molecule has 5 nitrogen and oxygen atoms in total. The Morgan fingerprint density at radius 1 is 1.28 bits per heavy atom. The van der Waals surface area contributed by atoms with E-state index < -0.39 is 5.41 Å². The van der Waals surface area contributed by atoms with Crippen molar-refractivity contribution >= 4 is 29.3 Å². The number of hydrogen-bond donors (Lipinski definition) is 1. The molecule has 0 unspecified atom stereocenters. The molecule has 0 amide bonds. The first-order valence-corrected chi connectivity index (χ1v) is 8.84. The summed E-state index contributed by atoms with van der Waals surface area (Å²) in [5.41, 5.74) is 0.129. The lowest BCUT2D eigenvalue weighted by atomic mass is 9.91. The lowest BCUT2D eigenvalue weighted by Gasteiger charge is -2.12. The number of thiazole rings is 1. The van der Waals surface area contributed by atoms with Crippen LogP contribution in [0.2, 0.25) is 0 Å². The van der Waals surface area contributed by atoms with Gasteiger partial charge in [0.2, 0.25) is 0 Å². The summed E-state index contributed by atoms with van der Waals surface area (Å²) in [6.45, 7) is 7.95. The lowest BCUT2D eigenvalue weighted by molar-refractivity contribution is -0.119. The van der Waals surface area contributed by atoms with E-state index in [2.05, 4.69) is 4.98 Å². The van der Waals surface area contributed by atoms with Crippen LogP contribution in [0.25, 0.3) is 12.2 Å². The quantitative estimate of drug-likeness (QED) is 0.885. The highest BCUT2D eigenvalue weighted by Crippen LogP contribution is 2.28. The number of Topliss-reactive ketones (excluding diaryl/α,β-unsaturated/α-hetero) is 1. The summed E-state index contributed by atoms with van der Waals surface area (Å²) < 4.78 is 11.9. The van der Waals surface area contributed by atoms with E-state index in [4.69, 9.17) is 9.47 Å². The molecule has 0 saturated heterocycles. The van der Waals surface area contributed by atoms with Gasteiger partial charge in [-0.3, -0.25) is 9.59 Å². The minimum Gasteiger partial charge on any atom is -0.493 e. The summed E-state index contributed by atoms with van der Waals surface area (Å²) in [6.07, 6.45) is 3.26. The fraction of sp³-hybridized carbons (Fsp3) is 0.368. The minimum atomic E-state index is -0.479. The van der Waals surface area contributed by atoms with Crippen LogP contribution in [0.1, 0.15) is 33.3 Å². The number of benzene rings is 1. The van der Waals surface area contributed by atoms with E-state index in [9.17, 15) is 9.59 Å². The number of rotatable bonds is 5. The van der Waals surface area contributed by atoms with Gasteiger partial charge in [0.15, 0.2) is 17.3 Å². The summed E-state index contributed by atoms with van der Waals surface area (Å²) in [4.78, 5) is 27.0. The molecule has 0 aliphatic heterocycles. The predicted octanol–water partition coefficient (Wildman–Crippen LogP) is 2.07. The van der Waals surface area contributed by atoms with Crippen LogP contribution in [0.5, 0.6) is 11.5 Å². The Balaban J connectivity index is 2.46. The van der Waals surface area contributed by atoms with Crippen LogP contribution in [0.4, 0.5) is 0 Å². The topological polar surface area (TPSA) is 68.4 Å². The summed E-state index contributed by atoms with van der Waals surface area (Å²) in [5.74, 6) is 1.24. The van der Waals surface area contributed by atoms with Gasteiger partial charge in [-0.05, 0) is 30.7 Å². The molecule has 2 aromatic rings. The smallest absolute Gasteiger partial charge is 0.266 e. The zero-order valence-corrected chi connectivity index (χ0v) is 16.0. The molecule has 0 radical (unpaired) electrons. The summed E-state index contributed by atoms with van der Waals surface area (Å²) in [5, 5.41) is 0. The summed E-state index contributed by atoms with van der Waals surface area (Å²) in [7, 11) is 1.58. The molecule has 0 atom stereocenters. The van der Waals surface area contributed by atoms with E-state index in [1.807, 2.05) is 39.8 Å². The zero-order valence-electron chi connectivity index (χ0n) is 15.1. The molecule has 6 heteroatoms. The SMILES string of the molecule is CCOc1cc(/C=c2/s/c(=C/C(=O)C(C)(C)C)[nH]c2=O)ccc1OC. The van der Waals surface area contributed by atoms with E-state index >= 15 is 0 Å². The molecule has 0 fully saturated rings. The highest BCUT2D eigenvalue weighted by molar-refractivity contribution is 7.07. The maximum absolute atomic E-state index is 12.1. The van der Waals surface area contributed by atoms with Gasteiger partial charge < -0.3 is 14.5 Å². The van der Waals surface area contributed by atoms with Gasteiger partial charge in [-0.2, -0.15) is 0 Å². The van der Waals surface area contributed by atoms with Crippen LogP contribution < -0.4 is 24.2 Å². The monoisotopic (exact) mass is 361 g/mol. The molecular weight excluding hydrogens is 338 g/mol. The van der Waals surface area contributed by atoms with Crippen LogP contribution in [0.3, 0.4) is 0 Å². The van der Waals surface area contributed by atoms with Gasteiger partial charge in [0, 0.05) is 11.5 Å². The third-order valence-corrected chi connectivity index (χ3v) is 4.43. The van der Waals surface area contributed by atoms with Gasteiger partial charge in [0.25, 0.3) is 5.56 Å². The average Bonchev–Trinajstić information content (AvgIpc) is 2.86. The van der Waals surface area contributed by atoms with Gasteiger partial charge in [0.1, 0.15) is 0 Å². The van der Waals surface area contributed by atoms with Crippen molar-refractivity contribution in [3.05, 3.63) is 43.3 Å². The first-order chi connectivity index (χ1) is 11.7. The molecule has 1 N–H and O–H groups in total. The van der Waals surface area contributed by atoms with Gasteiger partial charge in [-0.25, -0.2) is 0 Å². The molecule has 0 bridgehead atoms. The number of aromatic amines is 1. The Hall–Kier alpha value is -2.34. The Morgan fingerprint density at radius 3 is 2.60 bits per heavy atom. The van der Waals surface area contributed by atoms with E-state index in [1.54, 1.807) is 19.3 Å². The normalized spacial score (nSPS) is 13.2. The number of ketones is 1. The molecule has 1 heterocycles. The molecule has 1 aromatic heterocycles. The molecule has 0 saturated carbocycles. The Labute approximate surface area is 150 Å². The Morgan fingerprint density at radius 2 is 2.00 bits per heavy atom. The van der Waals surface area contributed by atoms with Crippen LogP contribution >= 0.6 is 11.3 Å². The van der Waals surface area contributed by atoms with Gasteiger partial charge in [-0.1, -0.05) is 26.8 Å². The summed E-state index contributed by atoms with van der Waals surface area (Å²) in [6, 6.07) is 5.48. The molecule has 2 rings (SSSR count). The highest BCUT2D eigenvalue weighted by Gasteiger charge is 2.18. The zero-order chi connectivity index (χ0) is 18.6. The van der Waals surface area contributed by atoms with Crippen molar-refractivity contribution in [1.82, 2.24) is 4.98 Å². The highest BCUT2D eigenvalue weighted by atomic mass is 32.1. The molecular formula is C19H23NO4S. The third-order valence-electron chi connectivity index (χ3n) is 3.47. The maximum Gasteiger partial charge on any atom is 0.266 e. The second-order valence-electron chi connectivity index (χ2n) is 6.53. The molecule has 134 valence electrons. The number of H-pyrrole nitrogens is 1. The number of aromatic nitrogens is 1. The number of methoxy groups -OCH3 is 1. The first-order valence-electron chi connectivity index (χ1n) is 8.02. The fourth-order valence-electron chi connectivity index (χ4n) is 2.06. The van der Waals surface area contributed by atoms with Crippen molar-refractivity contribution in [2.45, 2.75) is 27.7 Å². The van der Waals surface area contributed by atoms with Gasteiger partial charge in [-0.15, -0.1) is 11.3 Å². The van der Waals surface area contributed by atoms with Crippen molar-refractivity contribution in [3.63, 3.8) is 0 Å². The average molecular weight is 361 g/mol. The van der Waals surface area contributed by atoms with Crippen LogP contribution in [0, 0.1) is 5.41 Å². The van der Waals surface area contributed by atoms with Crippen molar-refractivity contribution in [2.75, 3.05) is 13.7 Å². The van der Waals surface area contributed by atoms with Crippen molar-refractivity contribution in [3.8, 4) is 11.5 Å². The van der Waals surface area contributed by atoms with E-state index in [-0.39, 0.29) is 11.3 Å². The number of ether oxygens (including phenoxy) is 2. The number of carbonyl (C=O) groups is 1. The largest absolute Gasteiger partial charge is 0.493 e. The number of nitrogens with one attached hydrogen (secondary N) is 1. The predicted molar refractivity (Wildman–Crippen MR) is 101 cm³/mol. The Kier molecular flexibility index (Phi) is 5.85. The van der Waals surface area contributed by atoms with Gasteiger partial charge >= 0.3 is 0 Å². The van der Waals surface area contributed by atoms with Crippen LogP contribution in [0.15, 0.2) is 23.0 Å². The summed E-state index contributed by atoms with van der Waals surface area (Å²) >= 11 is 1.26. The van der Waals surface area contributed by atoms with E-state index in [0.29, 0.717) is 27.3 Å². The van der Waals surface area contributed by atoms with Gasteiger partial charge in [0.05, 0.1) is 22.9 Å². The van der Waals surface area contributed by atoms with Crippen molar-refractivity contribution in [1.29, 1.82) is 0 Å². The van der Waals surface area contributed by atoms with Crippen LogP contribution in [-0.4, -0.2) is 24.5 Å². The first kappa shape index (κ1) is 19.0. The second kappa shape index (κ2) is 7.70. The number of hydrogen-bond acceptors (Lipinski definition) is 5. The molecule has 1 aromatic carbocycles. The maximum atomic E-state index is 12.1. The Bertz CT molecular complexity index is 932. The number of carbonyl (C=O) groups excluding carboxylic acids is 1.